The summed E-state index contributed by atoms with van der Waals surface area (Å²) in [5.74, 6) is 0. The molecule has 104 valence electrons. The average molecular weight is 317 g/mol. The first-order chi connectivity index (χ1) is 8.70. The Balaban J connectivity index is 2.41. The van der Waals surface area contributed by atoms with E-state index in [4.69, 9.17) is 0 Å². The molecule has 1 aromatic carbocycles. The van der Waals surface area contributed by atoms with Gasteiger partial charge in [0, 0.05) is 11.7 Å². The molecule has 0 radical (unpaired) electrons. The largest absolute Gasteiger partial charge is 0.323 e. The molecule has 0 bridgehead atoms. The van der Waals surface area contributed by atoms with E-state index in [0.29, 0.717) is 4.21 Å². The van der Waals surface area contributed by atoms with E-state index in [1.807, 2.05) is 24.3 Å². The molecule has 0 saturated heterocycles. The van der Waals surface area contributed by atoms with Crippen LogP contribution in [0.1, 0.15) is 0 Å². The molecule has 0 atom stereocenters. The molecular formula is C12H16NO3PS2. The second-order valence-corrected chi connectivity index (χ2v) is 11.7. The molecule has 0 aliphatic rings. The van der Waals surface area contributed by atoms with Crippen molar-refractivity contribution >= 4 is 38.6 Å². The lowest BCUT2D eigenvalue weighted by molar-refractivity contribution is 0.501. The maximum Gasteiger partial charge on any atom is 0.252 e. The van der Waals surface area contributed by atoms with E-state index in [1.165, 1.54) is 22.7 Å². The zero-order chi connectivity index (χ0) is 14.3. The molecule has 0 amide bonds. The minimum atomic E-state index is -3.55. The standard InChI is InChI=1S/C12H16NO3PS2/c1-13(9-17(2,3)14)19(15,16)12-8-10-6-4-5-7-11(10)18-12/h4-8H,9H2,1-3H3. The fourth-order valence-electron chi connectivity index (χ4n) is 1.79. The molecule has 0 fully saturated rings. The SMILES string of the molecule is CN(CP(C)(C)=O)S(=O)(=O)c1cc2ccccc2s1. The van der Waals surface area contributed by atoms with Gasteiger partial charge in [-0.25, -0.2) is 8.42 Å². The maximum atomic E-state index is 12.4. The molecule has 2 rings (SSSR count). The minimum Gasteiger partial charge on any atom is -0.323 e. The van der Waals surface area contributed by atoms with E-state index in [1.54, 1.807) is 19.4 Å². The fourth-order valence-corrected chi connectivity index (χ4v) is 6.64. The molecule has 0 unspecified atom stereocenters. The van der Waals surface area contributed by atoms with Crippen LogP contribution in [-0.2, 0) is 14.6 Å². The van der Waals surface area contributed by atoms with Gasteiger partial charge in [0.2, 0.25) is 0 Å². The van der Waals surface area contributed by atoms with Crippen molar-refractivity contribution in [2.24, 2.45) is 0 Å². The highest BCUT2D eigenvalue weighted by molar-refractivity contribution is 7.91. The number of hydrogen-bond acceptors (Lipinski definition) is 4. The van der Waals surface area contributed by atoms with Gasteiger partial charge in [0.25, 0.3) is 10.0 Å². The molecule has 1 aromatic heterocycles. The van der Waals surface area contributed by atoms with Crippen LogP contribution >= 0.6 is 18.5 Å². The molecule has 2 aromatic rings. The molecule has 19 heavy (non-hydrogen) atoms. The number of sulfonamides is 1. The highest BCUT2D eigenvalue weighted by Gasteiger charge is 2.26. The topological polar surface area (TPSA) is 54.5 Å². The van der Waals surface area contributed by atoms with Crippen molar-refractivity contribution < 1.29 is 13.0 Å². The molecule has 0 aliphatic heterocycles. The van der Waals surface area contributed by atoms with Crippen LogP contribution in [0.5, 0.6) is 0 Å². The van der Waals surface area contributed by atoms with Crippen LogP contribution < -0.4 is 0 Å². The number of fused-ring (bicyclic) bond motifs is 1. The van der Waals surface area contributed by atoms with Gasteiger partial charge >= 0.3 is 0 Å². The Morgan fingerprint density at radius 3 is 2.47 bits per heavy atom. The zero-order valence-corrected chi connectivity index (χ0v) is 13.6. The van der Waals surface area contributed by atoms with Crippen LogP contribution in [0.3, 0.4) is 0 Å². The van der Waals surface area contributed by atoms with E-state index in [9.17, 15) is 13.0 Å². The summed E-state index contributed by atoms with van der Waals surface area (Å²) >= 11 is 1.24. The normalized spacial score (nSPS) is 13.3. The first-order valence-electron chi connectivity index (χ1n) is 5.69. The van der Waals surface area contributed by atoms with E-state index < -0.39 is 17.2 Å². The van der Waals surface area contributed by atoms with E-state index in [0.717, 1.165) is 10.1 Å². The van der Waals surface area contributed by atoms with Crippen molar-refractivity contribution in [1.82, 2.24) is 4.31 Å². The number of benzene rings is 1. The third kappa shape index (κ3) is 3.26. The molecule has 0 spiro atoms. The second-order valence-electron chi connectivity index (χ2n) is 4.92. The van der Waals surface area contributed by atoms with Gasteiger partial charge in [0.1, 0.15) is 4.21 Å². The smallest absolute Gasteiger partial charge is 0.252 e. The highest BCUT2D eigenvalue weighted by Crippen LogP contribution is 2.38. The van der Waals surface area contributed by atoms with Crippen molar-refractivity contribution in [2.45, 2.75) is 4.21 Å². The molecule has 4 nitrogen and oxygen atoms in total. The monoisotopic (exact) mass is 317 g/mol. The summed E-state index contributed by atoms with van der Waals surface area (Å²) in [5, 5.41) is 0.913. The van der Waals surface area contributed by atoms with Gasteiger partial charge in [-0.1, -0.05) is 18.2 Å². The van der Waals surface area contributed by atoms with Gasteiger partial charge in [-0.05, 0) is 30.8 Å². The van der Waals surface area contributed by atoms with E-state index in [2.05, 4.69) is 0 Å². The Bertz CT molecular complexity index is 712. The molecule has 1 heterocycles. The summed E-state index contributed by atoms with van der Waals surface area (Å²) in [7, 11) is -4.50. The second kappa shape index (κ2) is 5.02. The lowest BCUT2D eigenvalue weighted by Crippen LogP contribution is -2.27. The van der Waals surface area contributed by atoms with Gasteiger partial charge in [-0.3, -0.25) is 0 Å². The van der Waals surface area contributed by atoms with Crippen LogP contribution in [0.15, 0.2) is 34.5 Å². The Kier molecular flexibility index (Phi) is 3.89. The Morgan fingerprint density at radius 1 is 1.26 bits per heavy atom. The number of thiophene rings is 1. The first kappa shape index (κ1) is 14.7. The van der Waals surface area contributed by atoms with Gasteiger partial charge in [-0.2, -0.15) is 4.31 Å². The third-order valence-corrected chi connectivity index (χ3v) is 7.27. The quantitative estimate of drug-likeness (QED) is 0.814. The van der Waals surface area contributed by atoms with Gasteiger partial charge in [0.15, 0.2) is 0 Å². The van der Waals surface area contributed by atoms with Crippen LogP contribution in [0.2, 0.25) is 0 Å². The summed E-state index contributed by atoms with van der Waals surface area (Å²) in [6.07, 6.45) is 0.0591. The average Bonchev–Trinajstić information content (AvgIpc) is 2.70. The fraction of sp³-hybridized carbons (Fsp3) is 0.333. The van der Waals surface area contributed by atoms with Crippen LogP contribution in [0.4, 0.5) is 0 Å². The van der Waals surface area contributed by atoms with Crippen molar-refractivity contribution in [1.29, 1.82) is 0 Å². The summed E-state index contributed by atoms with van der Waals surface area (Å²) in [6, 6.07) is 9.20. The number of nitrogens with zero attached hydrogens (tertiary/aromatic N) is 1. The minimum absolute atomic E-state index is 0.0591. The lowest BCUT2D eigenvalue weighted by Gasteiger charge is -2.18. The van der Waals surface area contributed by atoms with Crippen molar-refractivity contribution in [3.05, 3.63) is 30.3 Å². The first-order valence-corrected chi connectivity index (χ1v) is 10.7. The molecule has 0 saturated carbocycles. The van der Waals surface area contributed by atoms with Crippen molar-refractivity contribution in [3.63, 3.8) is 0 Å². The predicted octanol–water partition coefficient (Wildman–Crippen LogP) is 3.10. The molecule has 7 heteroatoms. The maximum absolute atomic E-state index is 12.4. The molecule has 0 aliphatic carbocycles. The van der Waals surface area contributed by atoms with Gasteiger partial charge < -0.3 is 4.57 Å². The number of rotatable bonds is 4. The van der Waals surface area contributed by atoms with Crippen LogP contribution in [-0.4, -0.2) is 39.4 Å². The predicted molar refractivity (Wildman–Crippen MR) is 81.1 cm³/mol. The summed E-state index contributed by atoms with van der Waals surface area (Å²) in [4.78, 5) is 0. The third-order valence-electron chi connectivity index (χ3n) is 2.61. The van der Waals surface area contributed by atoms with Crippen molar-refractivity contribution in [2.75, 3.05) is 26.7 Å². The summed E-state index contributed by atoms with van der Waals surface area (Å²) in [6.45, 7) is 3.17. The van der Waals surface area contributed by atoms with E-state index in [-0.39, 0.29) is 6.29 Å². The van der Waals surface area contributed by atoms with Crippen LogP contribution in [0.25, 0.3) is 10.1 Å². The highest BCUT2D eigenvalue weighted by atomic mass is 32.2. The summed E-state index contributed by atoms with van der Waals surface area (Å²) < 4.78 is 39.0. The molecule has 0 N–H and O–H groups in total. The molecular weight excluding hydrogens is 301 g/mol. The lowest BCUT2D eigenvalue weighted by atomic mass is 10.3. The van der Waals surface area contributed by atoms with Crippen molar-refractivity contribution in [3.8, 4) is 0 Å². The zero-order valence-electron chi connectivity index (χ0n) is 11.0. The number of hydrogen-bond donors (Lipinski definition) is 0. The Morgan fingerprint density at radius 2 is 1.89 bits per heavy atom. The van der Waals surface area contributed by atoms with Gasteiger partial charge in [-0.15, -0.1) is 11.3 Å². The Labute approximate surface area is 117 Å². The van der Waals surface area contributed by atoms with Gasteiger partial charge in [0.05, 0.1) is 13.4 Å². The summed E-state index contributed by atoms with van der Waals surface area (Å²) in [5.41, 5.74) is 0. The Hall–Kier alpha value is -0.680. The van der Waals surface area contributed by atoms with Crippen LogP contribution in [0, 0.1) is 0 Å². The van der Waals surface area contributed by atoms with E-state index >= 15 is 0 Å².